The molecule has 1 heterocycles. The van der Waals surface area contributed by atoms with E-state index in [1.54, 1.807) is 12.4 Å². The van der Waals surface area contributed by atoms with E-state index in [1.165, 1.54) is 11.1 Å². The normalized spacial score (nSPS) is 10.1. The van der Waals surface area contributed by atoms with Crippen molar-refractivity contribution >= 4 is 21.6 Å². The van der Waals surface area contributed by atoms with Crippen LogP contribution < -0.4 is 5.32 Å². The fourth-order valence-corrected chi connectivity index (χ4v) is 1.93. The van der Waals surface area contributed by atoms with E-state index in [0.717, 1.165) is 16.7 Å². The first-order valence-electron chi connectivity index (χ1n) is 5.14. The van der Waals surface area contributed by atoms with Gasteiger partial charge in [0.15, 0.2) is 0 Å². The second kappa shape index (κ2) is 5.12. The minimum absolute atomic E-state index is 0.824. The maximum Gasteiger partial charge on any atom is 0.0590 e. The van der Waals surface area contributed by atoms with Crippen molar-refractivity contribution in [3.63, 3.8) is 0 Å². The van der Waals surface area contributed by atoms with Gasteiger partial charge in [0.05, 0.1) is 10.2 Å². The van der Waals surface area contributed by atoms with Crippen LogP contribution in [0.15, 0.2) is 47.2 Å². The van der Waals surface area contributed by atoms with Crippen molar-refractivity contribution in [2.45, 2.75) is 13.5 Å². The molecule has 0 aliphatic rings. The second-order valence-corrected chi connectivity index (χ2v) is 4.55. The number of hydrogen-bond donors (Lipinski definition) is 1. The quantitative estimate of drug-likeness (QED) is 0.923. The van der Waals surface area contributed by atoms with Crippen molar-refractivity contribution in [1.82, 2.24) is 4.98 Å². The molecule has 2 aromatic rings. The van der Waals surface area contributed by atoms with Crippen LogP contribution in [0, 0.1) is 6.92 Å². The Kier molecular flexibility index (Phi) is 3.57. The lowest BCUT2D eigenvalue weighted by Crippen LogP contribution is -2.00. The fourth-order valence-electron chi connectivity index (χ4n) is 1.54. The van der Waals surface area contributed by atoms with Crippen LogP contribution in [0.25, 0.3) is 0 Å². The number of hydrogen-bond acceptors (Lipinski definition) is 2. The third-order valence-electron chi connectivity index (χ3n) is 2.34. The number of benzene rings is 1. The van der Waals surface area contributed by atoms with E-state index in [-0.39, 0.29) is 0 Å². The molecule has 0 spiro atoms. The zero-order chi connectivity index (χ0) is 11.4. The molecule has 0 aliphatic heterocycles. The van der Waals surface area contributed by atoms with Gasteiger partial charge in [0.25, 0.3) is 0 Å². The van der Waals surface area contributed by atoms with Gasteiger partial charge in [-0.15, -0.1) is 0 Å². The first-order chi connectivity index (χ1) is 7.75. The van der Waals surface area contributed by atoms with Gasteiger partial charge in [0.2, 0.25) is 0 Å². The van der Waals surface area contributed by atoms with Gasteiger partial charge in [-0.05, 0) is 34.5 Å². The van der Waals surface area contributed by atoms with Crippen LogP contribution in [0.1, 0.15) is 11.1 Å². The molecule has 0 unspecified atom stereocenters. The summed E-state index contributed by atoms with van der Waals surface area (Å²) in [5.41, 5.74) is 3.63. The van der Waals surface area contributed by atoms with Gasteiger partial charge in [0, 0.05) is 18.9 Å². The molecule has 0 atom stereocenters. The molecule has 0 fully saturated rings. The summed E-state index contributed by atoms with van der Waals surface area (Å²) < 4.78 is 0.989. The first kappa shape index (κ1) is 11.1. The predicted molar refractivity (Wildman–Crippen MR) is 70.4 cm³/mol. The monoisotopic (exact) mass is 276 g/mol. The highest BCUT2D eigenvalue weighted by Gasteiger charge is 1.98. The number of halogens is 1. The smallest absolute Gasteiger partial charge is 0.0590 e. The van der Waals surface area contributed by atoms with Crippen molar-refractivity contribution in [3.8, 4) is 0 Å². The Balaban J connectivity index is 2.05. The fraction of sp³-hybridized carbons (Fsp3) is 0.154. The topological polar surface area (TPSA) is 24.9 Å². The molecule has 0 bridgehead atoms. The van der Waals surface area contributed by atoms with Crippen molar-refractivity contribution in [2.24, 2.45) is 0 Å². The average molecular weight is 277 g/mol. The van der Waals surface area contributed by atoms with Crippen LogP contribution in [0.4, 0.5) is 5.69 Å². The molecule has 2 nitrogen and oxygen atoms in total. The Morgan fingerprint density at radius 1 is 1.31 bits per heavy atom. The summed E-state index contributed by atoms with van der Waals surface area (Å²) in [5.74, 6) is 0. The van der Waals surface area contributed by atoms with Gasteiger partial charge >= 0.3 is 0 Å². The second-order valence-electron chi connectivity index (χ2n) is 3.70. The van der Waals surface area contributed by atoms with Crippen LogP contribution in [0.2, 0.25) is 0 Å². The van der Waals surface area contributed by atoms with Crippen molar-refractivity contribution < 1.29 is 0 Å². The van der Waals surface area contributed by atoms with E-state index in [9.17, 15) is 0 Å². The first-order valence-corrected chi connectivity index (χ1v) is 5.94. The summed E-state index contributed by atoms with van der Waals surface area (Å²) in [6.07, 6.45) is 3.57. The minimum Gasteiger partial charge on any atom is -0.380 e. The van der Waals surface area contributed by atoms with E-state index < -0.39 is 0 Å². The molecule has 3 heteroatoms. The van der Waals surface area contributed by atoms with Gasteiger partial charge < -0.3 is 5.32 Å². The molecular weight excluding hydrogens is 264 g/mol. The molecule has 0 saturated heterocycles. The highest BCUT2D eigenvalue weighted by molar-refractivity contribution is 9.10. The number of nitrogens with zero attached hydrogens (tertiary/aromatic N) is 1. The molecule has 1 aromatic heterocycles. The zero-order valence-electron chi connectivity index (χ0n) is 9.07. The highest BCUT2D eigenvalue weighted by atomic mass is 79.9. The summed E-state index contributed by atoms with van der Waals surface area (Å²) in [5, 5.41) is 3.37. The molecule has 2 rings (SSSR count). The average Bonchev–Trinajstić information content (AvgIpc) is 2.28. The van der Waals surface area contributed by atoms with E-state index in [1.807, 2.05) is 6.07 Å². The largest absolute Gasteiger partial charge is 0.380 e. The van der Waals surface area contributed by atoms with Gasteiger partial charge in [0.1, 0.15) is 0 Å². The third-order valence-corrected chi connectivity index (χ3v) is 2.97. The number of aryl methyl sites for hydroxylation is 1. The summed E-state index contributed by atoms with van der Waals surface area (Å²) >= 11 is 3.46. The molecule has 0 aliphatic carbocycles. The minimum atomic E-state index is 0.824. The molecule has 16 heavy (non-hydrogen) atoms. The summed E-state index contributed by atoms with van der Waals surface area (Å²) in [6.45, 7) is 2.93. The number of nitrogens with one attached hydrogen (secondary N) is 1. The standard InChI is InChI=1S/C13H13BrN2/c1-10-3-2-4-11(7-10)8-16-13-5-6-15-9-12(13)14/h2-7,9H,8H2,1H3,(H,15,16). The lowest BCUT2D eigenvalue weighted by Gasteiger charge is -2.08. The van der Waals surface area contributed by atoms with Crippen LogP contribution in [0.3, 0.4) is 0 Å². The van der Waals surface area contributed by atoms with Gasteiger partial charge in [-0.25, -0.2) is 0 Å². The molecule has 0 radical (unpaired) electrons. The Morgan fingerprint density at radius 3 is 2.94 bits per heavy atom. The Morgan fingerprint density at radius 2 is 2.19 bits per heavy atom. The van der Waals surface area contributed by atoms with E-state index in [4.69, 9.17) is 0 Å². The van der Waals surface area contributed by atoms with E-state index in [0.29, 0.717) is 0 Å². The van der Waals surface area contributed by atoms with Crippen LogP contribution in [-0.2, 0) is 6.54 Å². The number of anilines is 1. The molecular formula is C13H13BrN2. The summed E-state index contributed by atoms with van der Waals surface area (Å²) in [6, 6.07) is 10.4. The highest BCUT2D eigenvalue weighted by Crippen LogP contribution is 2.20. The molecule has 0 amide bonds. The van der Waals surface area contributed by atoms with Gasteiger partial charge in [-0.2, -0.15) is 0 Å². The van der Waals surface area contributed by atoms with E-state index in [2.05, 4.69) is 57.4 Å². The predicted octanol–water partition coefficient (Wildman–Crippen LogP) is 3.76. The Hall–Kier alpha value is -1.35. The van der Waals surface area contributed by atoms with Crippen LogP contribution in [-0.4, -0.2) is 4.98 Å². The maximum atomic E-state index is 4.03. The van der Waals surface area contributed by atoms with Crippen LogP contribution >= 0.6 is 15.9 Å². The third kappa shape index (κ3) is 2.83. The van der Waals surface area contributed by atoms with Gasteiger partial charge in [-0.3, -0.25) is 4.98 Å². The molecule has 1 aromatic carbocycles. The molecule has 0 saturated carbocycles. The molecule has 82 valence electrons. The number of rotatable bonds is 3. The molecule has 1 N–H and O–H groups in total. The lowest BCUT2D eigenvalue weighted by molar-refractivity contribution is 1.13. The van der Waals surface area contributed by atoms with Crippen molar-refractivity contribution in [1.29, 1.82) is 0 Å². The Labute approximate surface area is 104 Å². The van der Waals surface area contributed by atoms with Gasteiger partial charge in [-0.1, -0.05) is 29.8 Å². The maximum absolute atomic E-state index is 4.03. The number of aromatic nitrogens is 1. The van der Waals surface area contributed by atoms with Crippen molar-refractivity contribution in [2.75, 3.05) is 5.32 Å². The zero-order valence-corrected chi connectivity index (χ0v) is 10.7. The summed E-state index contributed by atoms with van der Waals surface area (Å²) in [7, 11) is 0. The lowest BCUT2D eigenvalue weighted by atomic mass is 10.1. The van der Waals surface area contributed by atoms with Crippen LogP contribution in [0.5, 0.6) is 0 Å². The Bertz CT molecular complexity index is 483. The summed E-state index contributed by atoms with van der Waals surface area (Å²) in [4.78, 5) is 4.03. The number of pyridine rings is 1. The van der Waals surface area contributed by atoms with Crippen molar-refractivity contribution in [3.05, 3.63) is 58.3 Å². The SMILES string of the molecule is Cc1cccc(CNc2ccncc2Br)c1. The van der Waals surface area contributed by atoms with E-state index >= 15 is 0 Å².